The van der Waals surface area contributed by atoms with Gasteiger partial charge < -0.3 is 19.9 Å². The van der Waals surface area contributed by atoms with E-state index in [1.54, 1.807) is 0 Å². The minimum Gasteiger partial charge on any atom is -0.506 e. The van der Waals surface area contributed by atoms with Gasteiger partial charge in [-0.15, -0.1) is 0 Å². The molecule has 0 atom stereocenters. The van der Waals surface area contributed by atoms with Gasteiger partial charge in [-0.25, -0.2) is 0 Å². The standard InChI is InChI=1S/C21H29N3O3/c1-3-24-17-8-5-4-7-16(17)19(25)18(21(24)27)20(26)22-11-6-12-23-13-9-15(2)10-14-23/h4-5,7-8,15,25H,3,6,9-14H2,1-2H3,(H,22,26)/i1D3,2D3,3D2,4D,5D,7D,8D/hD2. The minimum absolute atomic E-state index is 0.0636. The first-order chi connectivity index (χ1) is 18.8. The van der Waals surface area contributed by atoms with Crippen molar-refractivity contribution in [2.75, 3.05) is 26.2 Å². The summed E-state index contributed by atoms with van der Waals surface area (Å²) in [7, 11) is 0. The Kier molecular flexibility index (Phi) is 2.65. The lowest BCUT2D eigenvalue weighted by Crippen LogP contribution is -2.37. The van der Waals surface area contributed by atoms with E-state index in [2.05, 4.69) is 5.11 Å². The molecule has 2 N–H and O–H groups in total. The van der Waals surface area contributed by atoms with Crippen LogP contribution in [0.5, 0.6) is 5.75 Å². The van der Waals surface area contributed by atoms with E-state index in [1.807, 2.05) is 4.90 Å². The van der Waals surface area contributed by atoms with Gasteiger partial charge in [0.05, 0.1) is 11.0 Å². The molecule has 0 unspecified atom stereocenters. The lowest BCUT2D eigenvalue weighted by molar-refractivity contribution is 0.0946. The van der Waals surface area contributed by atoms with Crippen LogP contribution in [0.3, 0.4) is 0 Å². The highest BCUT2D eigenvalue weighted by Crippen LogP contribution is 2.26. The first-order valence-corrected chi connectivity index (χ1v) is 8.63. The lowest BCUT2D eigenvalue weighted by Gasteiger charge is -2.30. The first-order valence-electron chi connectivity index (χ1n) is 15.5. The number of nitrogens with one attached hydrogen (secondary N) is 1. The van der Waals surface area contributed by atoms with Crippen molar-refractivity contribution < 1.29 is 27.8 Å². The van der Waals surface area contributed by atoms with Gasteiger partial charge in [-0.1, -0.05) is 18.9 Å². The number of hydrogen-bond donors (Lipinski definition) is 2. The molecule has 1 aliphatic rings. The molecule has 0 aliphatic carbocycles. The van der Waals surface area contributed by atoms with E-state index in [0.717, 1.165) is 0 Å². The predicted molar refractivity (Wildman–Crippen MR) is 107 cm³/mol. The number of rotatable bonds is 7. The molecule has 1 saturated heterocycles. The molecular weight excluding hydrogens is 342 g/mol. The molecule has 1 fully saturated rings. The molecule has 0 radical (unpaired) electrons. The summed E-state index contributed by atoms with van der Waals surface area (Å²) >= 11 is 0. The van der Waals surface area contributed by atoms with Crippen molar-refractivity contribution in [1.29, 1.82) is 1.43 Å². The predicted octanol–water partition coefficient (Wildman–Crippen LogP) is 2.58. The number of para-hydroxylation sites is 1. The second kappa shape index (κ2) is 8.57. The second-order valence-electron chi connectivity index (χ2n) is 6.34. The molecular formula is C21H29N3O3. The van der Waals surface area contributed by atoms with Crippen LogP contribution in [0.4, 0.5) is 0 Å². The van der Waals surface area contributed by atoms with Gasteiger partial charge in [-0.3, -0.25) is 9.59 Å². The summed E-state index contributed by atoms with van der Waals surface area (Å²) in [5.74, 6) is -2.78. The zero-order valence-corrected chi connectivity index (χ0v) is 14.6. The number of likely N-dealkylation sites (tertiary alicyclic amines) is 1. The van der Waals surface area contributed by atoms with Gasteiger partial charge in [0, 0.05) is 29.4 Å². The van der Waals surface area contributed by atoms with E-state index in [1.165, 1.54) is 0 Å². The van der Waals surface area contributed by atoms with Gasteiger partial charge in [0.15, 0.2) is 1.41 Å². The van der Waals surface area contributed by atoms with Crippen molar-refractivity contribution >= 4 is 16.8 Å². The molecule has 1 aromatic heterocycles. The fourth-order valence-electron chi connectivity index (χ4n) is 3.08. The molecule has 1 aliphatic heterocycles. The van der Waals surface area contributed by atoms with Gasteiger partial charge in [0.1, 0.15) is 11.3 Å². The zero-order valence-electron chi connectivity index (χ0n) is 28.6. The number of amides is 1. The van der Waals surface area contributed by atoms with Crippen molar-refractivity contribution in [2.45, 2.75) is 39.5 Å². The first kappa shape index (κ1) is 8.35. The largest absolute Gasteiger partial charge is 0.506 e. The Morgan fingerprint density at radius 1 is 1.48 bits per heavy atom. The molecule has 146 valence electrons. The van der Waals surface area contributed by atoms with Crippen molar-refractivity contribution in [3.63, 3.8) is 0 Å². The maximum Gasteiger partial charge on any atom is 0.293 e. The summed E-state index contributed by atoms with van der Waals surface area (Å²) < 4.78 is 110. The fraction of sp³-hybridized carbons (Fsp3) is 0.524. The van der Waals surface area contributed by atoms with Crippen LogP contribution in [0, 0.1) is 5.92 Å². The molecule has 2 aromatic rings. The summed E-state index contributed by atoms with van der Waals surface area (Å²) in [6, 6.07) is -3.70. The molecule has 6 nitrogen and oxygen atoms in total. The Labute approximate surface area is 179 Å². The van der Waals surface area contributed by atoms with Gasteiger partial charge in [0.25, 0.3) is 12.9 Å². The van der Waals surface area contributed by atoms with Crippen LogP contribution in [0.1, 0.15) is 59.8 Å². The van der Waals surface area contributed by atoms with E-state index < -0.39 is 84.0 Å². The van der Waals surface area contributed by atoms with Gasteiger partial charge in [0.2, 0.25) is 0 Å². The summed E-state index contributed by atoms with van der Waals surface area (Å²) in [5.41, 5.74) is -3.71. The molecule has 0 spiro atoms. The molecule has 3 rings (SSSR count). The highest BCUT2D eigenvalue weighted by Gasteiger charge is 2.21. The van der Waals surface area contributed by atoms with E-state index in [4.69, 9.17) is 19.3 Å². The minimum atomic E-state index is -3.58. The van der Waals surface area contributed by atoms with Crippen LogP contribution in [0.2, 0.25) is 1.41 Å². The molecule has 0 saturated carbocycles. The average molecular weight is 386 g/mol. The fourth-order valence-corrected chi connectivity index (χ4v) is 3.08. The highest BCUT2D eigenvalue weighted by molar-refractivity contribution is 6.02. The van der Waals surface area contributed by atoms with Crippen LogP contribution in [0.25, 0.3) is 10.9 Å². The van der Waals surface area contributed by atoms with E-state index in [-0.39, 0.29) is 17.5 Å². The van der Waals surface area contributed by atoms with Gasteiger partial charge in [-0.2, -0.15) is 0 Å². The Balaban J connectivity index is 2.04. The number of aromatic nitrogens is 1. The number of pyridine rings is 1. The highest BCUT2D eigenvalue weighted by atomic mass is 16.3. The normalized spacial score (nSPS) is 24.7. The smallest absolute Gasteiger partial charge is 0.293 e. The summed E-state index contributed by atoms with van der Waals surface area (Å²) in [5, 5.41) is 4.04. The number of carbonyl (C=O) groups excluding carboxylic acids is 1. The van der Waals surface area contributed by atoms with Gasteiger partial charge >= 0.3 is 0 Å². The molecule has 6 heteroatoms. The number of carbonyl (C=O) groups is 1. The van der Waals surface area contributed by atoms with Crippen molar-refractivity contribution in [3.05, 3.63) is 40.1 Å². The maximum absolute atomic E-state index is 13.6. The third-order valence-electron chi connectivity index (χ3n) is 4.56. The molecule has 2 heterocycles. The third kappa shape index (κ3) is 4.16. The number of piperidine rings is 1. The van der Waals surface area contributed by atoms with Crippen LogP contribution in [0.15, 0.2) is 29.0 Å². The Bertz CT molecular complexity index is 1380. The average Bonchev–Trinajstić information content (AvgIpc) is 2.88. The van der Waals surface area contributed by atoms with Crippen LogP contribution >= 0.6 is 0 Å². The quantitative estimate of drug-likeness (QED) is 0.768. The lowest BCUT2D eigenvalue weighted by atomic mass is 9.99. The molecule has 1 amide bonds. The van der Waals surface area contributed by atoms with Crippen LogP contribution < -0.4 is 10.9 Å². The molecule has 1 aromatic carbocycles. The monoisotopic (exact) mass is 385 g/mol. The Morgan fingerprint density at radius 3 is 3.04 bits per heavy atom. The zero-order chi connectivity index (χ0) is 31.2. The van der Waals surface area contributed by atoms with Crippen molar-refractivity contribution in [3.8, 4) is 5.75 Å². The van der Waals surface area contributed by atoms with E-state index >= 15 is 0 Å². The van der Waals surface area contributed by atoms with Crippen molar-refractivity contribution in [1.82, 2.24) is 14.8 Å². The summed E-state index contributed by atoms with van der Waals surface area (Å²) in [6.45, 7) is -8.05. The topological polar surface area (TPSA) is 74.6 Å². The number of nitrogens with zero attached hydrogens (tertiary/aromatic N) is 2. The summed E-state index contributed by atoms with van der Waals surface area (Å²) in [6.07, 6.45) is 1.12. The van der Waals surface area contributed by atoms with Crippen LogP contribution in [-0.2, 0) is 6.50 Å². The summed E-state index contributed by atoms with van der Waals surface area (Å²) in [4.78, 5) is 28.9. The third-order valence-corrected chi connectivity index (χ3v) is 4.56. The van der Waals surface area contributed by atoms with Crippen molar-refractivity contribution in [2.24, 2.45) is 5.92 Å². The van der Waals surface area contributed by atoms with Gasteiger partial charge in [-0.05, 0) is 63.8 Å². The number of benzene rings is 1. The van der Waals surface area contributed by atoms with Crippen LogP contribution in [-0.4, -0.2) is 48.1 Å². The number of hydrogen-bond acceptors (Lipinski definition) is 4. The molecule has 27 heavy (non-hydrogen) atoms. The van der Waals surface area contributed by atoms with E-state index in [0.29, 0.717) is 37.8 Å². The Morgan fingerprint density at radius 2 is 2.30 bits per heavy atom. The number of aryl methyl sites for hydroxylation is 1. The Hall–Kier alpha value is -2.34. The second-order valence-corrected chi connectivity index (χ2v) is 6.34. The van der Waals surface area contributed by atoms with E-state index in [9.17, 15) is 9.59 Å². The number of aromatic hydroxyl groups is 1. The SMILES string of the molecule is [2H]Oc1c(C(=O)N([2H])CCCN2CCC(C([2H])([2H])[2H])CC2)c(=O)n(C([2H])([2H])C([2H])([2H])[2H])c2c([2H])c([2H])c([2H])c([2H])c12. The maximum atomic E-state index is 13.6. The molecule has 0 bridgehead atoms. The number of fused-ring (bicyclic) bond motifs is 1.